The number of aromatic nitrogens is 1. The van der Waals surface area contributed by atoms with E-state index in [1.165, 1.54) is 51.7 Å². The fraction of sp³-hybridized carbons (Fsp3) is 0.471. The van der Waals surface area contributed by atoms with Gasteiger partial charge in [0.1, 0.15) is 0 Å². The standard InChI is InChI=1S/C17H20N2/c1-10-4-5-15-14(8-10)16-11(2)9-13(6-7-18)12(3)17(16)19-15/h9-10,19H,4-6,8H2,1-3H3. The summed E-state index contributed by atoms with van der Waals surface area (Å²) in [6.07, 6.45) is 4.14. The number of rotatable bonds is 1. The number of H-pyrrole nitrogens is 1. The van der Waals surface area contributed by atoms with Crippen molar-refractivity contribution in [2.75, 3.05) is 0 Å². The molecule has 0 fully saturated rings. The Morgan fingerprint density at radius 1 is 1.42 bits per heavy atom. The number of aromatic amines is 1. The summed E-state index contributed by atoms with van der Waals surface area (Å²) in [7, 11) is 0. The zero-order chi connectivity index (χ0) is 13.6. The molecule has 0 radical (unpaired) electrons. The Balaban J connectivity index is 2.28. The van der Waals surface area contributed by atoms with Crippen LogP contribution in [-0.4, -0.2) is 4.98 Å². The van der Waals surface area contributed by atoms with Gasteiger partial charge in [0, 0.05) is 16.6 Å². The molecule has 2 nitrogen and oxygen atoms in total. The lowest BCUT2D eigenvalue weighted by atomic mass is 9.86. The molecular weight excluding hydrogens is 232 g/mol. The second kappa shape index (κ2) is 4.42. The molecule has 2 heteroatoms. The summed E-state index contributed by atoms with van der Waals surface area (Å²) in [6, 6.07) is 4.47. The minimum Gasteiger partial charge on any atom is -0.358 e. The molecule has 0 spiro atoms. The number of aryl methyl sites for hydroxylation is 3. The maximum atomic E-state index is 8.94. The van der Waals surface area contributed by atoms with E-state index < -0.39 is 0 Å². The van der Waals surface area contributed by atoms with Gasteiger partial charge < -0.3 is 4.98 Å². The van der Waals surface area contributed by atoms with Gasteiger partial charge in [0.2, 0.25) is 0 Å². The van der Waals surface area contributed by atoms with Gasteiger partial charge in [0.25, 0.3) is 0 Å². The first-order valence-electron chi connectivity index (χ1n) is 7.11. The quantitative estimate of drug-likeness (QED) is 0.819. The van der Waals surface area contributed by atoms with Gasteiger partial charge in [-0.2, -0.15) is 5.26 Å². The van der Waals surface area contributed by atoms with E-state index in [9.17, 15) is 0 Å². The molecule has 1 aromatic carbocycles. The van der Waals surface area contributed by atoms with Gasteiger partial charge in [-0.15, -0.1) is 0 Å². The summed E-state index contributed by atoms with van der Waals surface area (Å²) >= 11 is 0. The predicted octanol–water partition coefficient (Wildman–Crippen LogP) is 3.98. The average molecular weight is 252 g/mol. The summed E-state index contributed by atoms with van der Waals surface area (Å²) < 4.78 is 0. The second-order valence-electron chi connectivity index (χ2n) is 5.99. The topological polar surface area (TPSA) is 39.6 Å². The van der Waals surface area contributed by atoms with Gasteiger partial charge in [-0.25, -0.2) is 0 Å². The van der Waals surface area contributed by atoms with Crippen LogP contribution in [0, 0.1) is 31.1 Å². The van der Waals surface area contributed by atoms with Crippen molar-refractivity contribution in [2.45, 2.75) is 46.5 Å². The first-order valence-corrected chi connectivity index (χ1v) is 7.11. The Bertz CT molecular complexity index is 686. The van der Waals surface area contributed by atoms with Crippen molar-refractivity contribution >= 4 is 10.9 Å². The smallest absolute Gasteiger partial charge is 0.0669 e. The van der Waals surface area contributed by atoms with Crippen LogP contribution in [0.1, 0.15) is 41.3 Å². The highest BCUT2D eigenvalue weighted by Crippen LogP contribution is 2.35. The SMILES string of the molecule is Cc1c(CC#N)cc(C)c2c3c([nH]c12)CCC(C)C3. The maximum Gasteiger partial charge on any atom is 0.0669 e. The van der Waals surface area contributed by atoms with Gasteiger partial charge in [-0.05, 0) is 61.3 Å². The van der Waals surface area contributed by atoms with E-state index in [4.69, 9.17) is 5.26 Å². The predicted molar refractivity (Wildman–Crippen MR) is 78.3 cm³/mol. The molecule has 1 unspecified atom stereocenters. The lowest BCUT2D eigenvalue weighted by molar-refractivity contribution is 0.499. The summed E-state index contributed by atoms with van der Waals surface area (Å²) in [5.41, 5.74) is 7.96. The number of hydrogen-bond acceptors (Lipinski definition) is 1. The summed E-state index contributed by atoms with van der Waals surface area (Å²) in [6.45, 7) is 6.66. The van der Waals surface area contributed by atoms with Crippen LogP contribution in [0.3, 0.4) is 0 Å². The maximum absolute atomic E-state index is 8.94. The van der Waals surface area contributed by atoms with Crippen LogP contribution in [0.2, 0.25) is 0 Å². The highest BCUT2D eigenvalue weighted by molar-refractivity contribution is 5.91. The Morgan fingerprint density at radius 3 is 2.95 bits per heavy atom. The van der Waals surface area contributed by atoms with E-state index in [2.05, 4.69) is 37.9 Å². The van der Waals surface area contributed by atoms with Crippen LogP contribution in [-0.2, 0) is 19.3 Å². The van der Waals surface area contributed by atoms with Crippen molar-refractivity contribution in [3.05, 3.63) is 34.0 Å². The Morgan fingerprint density at radius 2 is 2.21 bits per heavy atom. The molecule has 0 bridgehead atoms. The molecule has 98 valence electrons. The number of benzene rings is 1. The summed E-state index contributed by atoms with van der Waals surface area (Å²) in [5.74, 6) is 0.782. The normalized spacial score (nSPS) is 18.3. The summed E-state index contributed by atoms with van der Waals surface area (Å²) in [4.78, 5) is 3.64. The Labute approximate surface area is 114 Å². The molecule has 1 heterocycles. The van der Waals surface area contributed by atoms with Crippen LogP contribution in [0.15, 0.2) is 6.07 Å². The molecule has 0 saturated heterocycles. The molecular formula is C17H20N2. The number of nitrogens with zero attached hydrogens (tertiary/aromatic N) is 1. The highest BCUT2D eigenvalue weighted by atomic mass is 14.7. The van der Waals surface area contributed by atoms with Crippen molar-refractivity contribution in [1.29, 1.82) is 5.26 Å². The van der Waals surface area contributed by atoms with Crippen molar-refractivity contribution in [2.24, 2.45) is 5.92 Å². The fourth-order valence-corrected chi connectivity index (χ4v) is 3.46. The molecule has 19 heavy (non-hydrogen) atoms. The lowest BCUT2D eigenvalue weighted by Gasteiger charge is -2.18. The second-order valence-corrected chi connectivity index (χ2v) is 5.99. The number of hydrogen-bond donors (Lipinski definition) is 1. The van der Waals surface area contributed by atoms with Crippen LogP contribution >= 0.6 is 0 Å². The monoisotopic (exact) mass is 252 g/mol. The first-order chi connectivity index (χ1) is 9.11. The molecule has 2 aromatic rings. The van der Waals surface area contributed by atoms with Crippen LogP contribution < -0.4 is 0 Å². The Kier molecular flexibility index (Phi) is 2.86. The zero-order valence-electron chi connectivity index (χ0n) is 11.9. The van der Waals surface area contributed by atoms with Crippen LogP contribution in [0.25, 0.3) is 10.9 Å². The molecule has 0 saturated carbocycles. The van der Waals surface area contributed by atoms with E-state index in [0.29, 0.717) is 6.42 Å². The molecule has 1 N–H and O–H groups in total. The lowest BCUT2D eigenvalue weighted by Crippen LogP contribution is -2.10. The number of nitriles is 1. The molecule has 1 atom stereocenters. The average Bonchev–Trinajstić information content (AvgIpc) is 2.75. The molecule has 1 aliphatic carbocycles. The van der Waals surface area contributed by atoms with Crippen LogP contribution in [0.5, 0.6) is 0 Å². The number of nitrogens with one attached hydrogen (secondary N) is 1. The molecule has 0 amide bonds. The number of fused-ring (bicyclic) bond motifs is 3. The van der Waals surface area contributed by atoms with E-state index in [1.54, 1.807) is 0 Å². The van der Waals surface area contributed by atoms with Crippen molar-refractivity contribution < 1.29 is 0 Å². The van der Waals surface area contributed by atoms with E-state index in [1.807, 2.05) is 0 Å². The van der Waals surface area contributed by atoms with Gasteiger partial charge in [-0.1, -0.05) is 13.0 Å². The van der Waals surface area contributed by atoms with Crippen molar-refractivity contribution in [3.63, 3.8) is 0 Å². The minimum atomic E-state index is 0.503. The minimum absolute atomic E-state index is 0.503. The molecule has 3 rings (SSSR count). The van der Waals surface area contributed by atoms with E-state index in [0.717, 1.165) is 12.3 Å². The third-order valence-corrected chi connectivity index (χ3v) is 4.54. The van der Waals surface area contributed by atoms with Gasteiger partial charge in [0.05, 0.1) is 12.5 Å². The zero-order valence-corrected chi connectivity index (χ0v) is 11.9. The molecule has 1 aliphatic rings. The molecule has 1 aromatic heterocycles. The first kappa shape index (κ1) is 12.3. The van der Waals surface area contributed by atoms with Crippen molar-refractivity contribution in [1.82, 2.24) is 4.98 Å². The van der Waals surface area contributed by atoms with E-state index in [-0.39, 0.29) is 0 Å². The van der Waals surface area contributed by atoms with Gasteiger partial charge in [0.15, 0.2) is 0 Å². The largest absolute Gasteiger partial charge is 0.358 e. The molecule has 0 aliphatic heterocycles. The third kappa shape index (κ3) is 1.85. The highest BCUT2D eigenvalue weighted by Gasteiger charge is 2.22. The van der Waals surface area contributed by atoms with Gasteiger partial charge >= 0.3 is 0 Å². The fourth-order valence-electron chi connectivity index (χ4n) is 3.46. The van der Waals surface area contributed by atoms with E-state index >= 15 is 0 Å². The van der Waals surface area contributed by atoms with Crippen molar-refractivity contribution in [3.8, 4) is 6.07 Å². The third-order valence-electron chi connectivity index (χ3n) is 4.54. The van der Waals surface area contributed by atoms with Gasteiger partial charge in [-0.3, -0.25) is 0 Å². The Hall–Kier alpha value is -1.75. The van der Waals surface area contributed by atoms with Crippen LogP contribution in [0.4, 0.5) is 0 Å². The summed E-state index contributed by atoms with van der Waals surface area (Å²) in [5, 5.41) is 10.4.